The monoisotopic (exact) mass is 800 g/mol. The molecule has 57 heavy (non-hydrogen) atoms. The number of aromatic amines is 1. The number of alkyl halides is 1. The molecule has 0 radical (unpaired) electrons. The Morgan fingerprint density at radius 3 is 2.04 bits per heavy atom. The molecule has 1 N–H and O–H groups in total. The molecule has 14 heteroatoms. The van der Waals surface area contributed by atoms with Gasteiger partial charge in [0.15, 0.2) is 12.4 Å². The molecule has 1 aromatic heterocycles. The summed E-state index contributed by atoms with van der Waals surface area (Å²) in [5.41, 5.74) is -2.77. The van der Waals surface area contributed by atoms with Gasteiger partial charge in [-0.15, -0.1) is 0 Å². The van der Waals surface area contributed by atoms with Gasteiger partial charge in [0.25, 0.3) is 14.1 Å². The van der Waals surface area contributed by atoms with Crippen LogP contribution in [0, 0.1) is 24.2 Å². The van der Waals surface area contributed by atoms with E-state index in [1.807, 2.05) is 107 Å². The lowest BCUT2D eigenvalue weighted by Crippen LogP contribution is -2.53. The molecule has 1 aliphatic heterocycles. The largest absolute Gasteiger partial charge is 0.497 e. The smallest absolute Gasteiger partial charge is 0.330 e. The molecule has 2 heterocycles. The molecule has 12 nitrogen and oxygen atoms in total. The van der Waals surface area contributed by atoms with Crippen molar-refractivity contribution >= 4 is 8.53 Å². The first kappa shape index (κ1) is 40.8. The minimum atomic E-state index is -1.96. The van der Waals surface area contributed by atoms with E-state index >= 15 is 4.39 Å². The Morgan fingerprint density at radius 2 is 1.49 bits per heavy atom. The molecule has 7 atom stereocenters. The molecule has 0 spiro atoms. The number of methoxy groups -OCH3 is 2. The van der Waals surface area contributed by atoms with Crippen molar-refractivity contribution in [3.05, 3.63) is 128 Å². The molecule has 3 fully saturated rings. The molecule has 0 amide bonds. The van der Waals surface area contributed by atoms with Crippen LogP contribution in [-0.4, -0.2) is 70.6 Å². The molecule has 2 aliphatic carbocycles. The number of aryl methyl sites for hydroxylation is 1. The van der Waals surface area contributed by atoms with Crippen molar-refractivity contribution in [3.63, 3.8) is 0 Å². The van der Waals surface area contributed by atoms with E-state index in [-0.39, 0.29) is 43.0 Å². The summed E-state index contributed by atoms with van der Waals surface area (Å²) in [6.45, 7) is 9.68. The molecule has 3 aliphatic rings. The van der Waals surface area contributed by atoms with Crippen molar-refractivity contribution in [1.29, 1.82) is 5.26 Å². The molecule has 4 aromatic rings. The van der Waals surface area contributed by atoms with Gasteiger partial charge in [-0.3, -0.25) is 14.3 Å². The molecule has 0 unspecified atom stereocenters. The van der Waals surface area contributed by atoms with Crippen LogP contribution in [-0.2, 0) is 24.1 Å². The molecule has 7 rings (SSSR count). The van der Waals surface area contributed by atoms with Crippen LogP contribution >= 0.6 is 8.53 Å². The van der Waals surface area contributed by atoms with Crippen LogP contribution < -0.4 is 20.7 Å². The number of nitriles is 1. The lowest BCUT2D eigenvalue weighted by molar-refractivity contribution is -0.162. The predicted octanol–water partition coefficient (Wildman–Crippen LogP) is 7.30. The summed E-state index contributed by atoms with van der Waals surface area (Å²) in [5, 5.41) is 9.42. The van der Waals surface area contributed by atoms with Crippen molar-refractivity contribution in [2.45, 2.75) is 101 Å². The third kappa shape index (κ3) is 7.11. The lowest BCUT2D eigenvalue weighted by Gasteiger charge is -2.44. The number of benzene rings is 3. The van der Waals surface area contributed by atoms with E-state index < -0.39 is 55.1 Å². The number of aromatic nitrogens is 2. The van der Waals surface area contributed by atoms with Crippen LogP contribution in [0.2, 0.25) is 0 Å². The maximum Gasteiger partial charge on any atom is 0.330 e. The molecular weight excluding hydrogens is 750 g/mol. The second kappa shape index (κ2) is 16.1. The van der Waals surface area contributed by atoms with Crippen LogP contribution in [0.15, 0.2) is 94.6 Å². The van der Waals surface area contributed by atoms with Gasteiger partial charge in [-0.2, -0.15) is 5.26 Å². The van der Waals surface area contributed by atoms with Crippen LogP contribution in [0.5, 0.6) is 11.5 Å². The van der Waals surface area contributed by atoms with Gasteiger partial charge in [0.05, 0.1) is 33.3 Å². The number of hydrogen-bond donors (Lipinski definition) is 1. The van der Waals surface area contributed by atoms with Gasteiger partial charge < -0.3 is 28.0 Å². The van der Waals surface area contributed by atoms with E-state index in [0.717, 1.165) is 21.3 Å². The van der Waals surface area contributed by atoms with Gasteiger partial charge in [-0.05, 0) is 94.3 Å². The summed E-state index contributed by atoms with van der Waals surface area (Å²) >= 11 is 0. The molecule has 0 bridgehead atoms. The molecule has 2 saturated carbocycles. The topological polar surface area (TPSA) is 137 Å². The molecule has 1 saturated heterocycles. The highest BCUT2D eigenvalue weighted by molar-refractivity contribution is 7.44. The Morgan fingerprint density at radius 1 is 0.930 bits per heavy atom. The zero-order valence-corrected chi connectivity index (χ0v) is 34.2. The van der Waals surface area contributed by atoms with Crippen LogP contribution in [0.3, 0.4) is 0 Å². The van der Waals surface area contributed by atoms with Gasteiger partial charge in [0, 0.05) is 23.8 Å². The fraction of sp³-hybridized carbons (Fsp3) is 0.465. The number of ether oxygens (including phenoxy) is 4. The minimum Gasteiger partial charge on any atom is -0.497 e. The van der Waals surface area contributed by atoms with E-state index in [1.54, 1.807) is 21.1 Å². The Bertz CT molecular complexity index is 2140. The van der Waals surface area contributed by atoms with Crippen LogP contribution in [0.25, 0.3) is 0 Å². The van der Waals surface area contributed by atoms with Gasteiger partial charge in [-0.25, -0.2) is 13.9 Å². The molecule has 302 valence electrons. The quantitative estimate of drug-likeness (QED) is 0.0699. The Balaban J connectivity index is 1.42. The Labute approximate surface area is 333 Å². The van der Waals surface area contributed by atoms with E-state index in [2.05, 4.69) is 15.7 Å². The second-order valence-corrected chi connectivity index (χ2v) is 16.9. The van der Waals surface area contributed by atoms with E-state index in [1.165, 1.54) is 6.20 Å². The standard InChI is InChI=1S/C43H50FN4O8P/c1-27(2)48(28(3)4)57(53-23-11-22-45)56-42-25-33-24-41(33,39(42)54-38(36(42)44)47-26-29(5)37(49)46-40(47)50)55-43(30-12-9-8-10-13-30,31-14-18-34(51-6)19-15-31)32-16-20-35(52-7)21-17-32/h8-10,12-21,26-28,33,36,38-39H,11,23-25H2,1-7H3,(H,46,49,50)/t33-,36-,38+,39+,41+,42-,57-/m0/s1. The van der Waals surface area contributed by atoms with Crippen molar-refractivity contribution in [2.24, 2.45) is 5.92 Å². The first-order valence-electron chi connectivity index (χ1n) is 19.3. The SMILES string of the molecule is COc1ccc(C(O[C@]23C[C@H]2C[C@@]2(O[P@](OCCC#N)N(C(C)C)C(C)C)[C@@H]3O[C@@H](n3cc(C)c(=O)[nH]c3=O)[C@@H]2F)(c2ccccc2)c2ccc(OC)cc2)cc1. The average molecular weight is 801 g/mol. The van der Waals surface area contributed by atoms with E-state index in [9.17, 15) is 14.9 Å². The maximum absolute atomic E-state index is 17.9. The third-order valence-electron chi connectivity index (χ3n) is 11.4. The van der Waals surface area contributed by atoms with Gasteiger partial charge in [-0.1, -0.05) is 54.6 Å². The fourth-order valence-electron chi connectivity index (χ4n) is 8.75. The summed E-state index contributed by atoms with van der Waals surface area (Å²) in [7, 11) is 1.26. The van der Waals surface area contributed by atoms with E-state index in [4.69, 9.17) is 28.0 Å². The highest BCUT2D eigenvalue weighted by Gasteiger charge is 2.82. The van der Waals surface area contributed by atoms with Gasteiger partial charge in [0.1, 0.15) is 34.4 Å². The first-order chi connectivity index (χ1) is 27.3. The van der Waals surface area contributed by atoms with Crippen LogP contribution in [0.4, 0.5) is 4.39 Å². The number of fused-ring (bicyclic) bond motifs is 3. The predicted molar refractivity (Wildman–Crippen MR) is 213 cm³/mol. The highest BCUT2D eigenvalue weighted by atomic mass is 31.2. The molecule has 3 aromatic carbocycles. The van der Waals surface area contributed by atoms with Crippen molar-refractivity contribution in [1.82, 2.24) is 14.2 Å². The third-order valence-corrected chi connectivity index (χ3v) is 13.6. The second-order valence-electron chi connectivity index (χ2n) is 15.5. The van der Waals surface area contributed by atoms with Crippen molar-refractivity contribution in [2.75, 3.05) is 20.8 Å². The Hall–Kier alpha value is -4.41. The van der Waals surface area contributed by atoms with Gasteiger partial charge >= 0.3 is 5.69 Å². The normalized spacial score (nSPS) is 25.6. The van der Waals surface area contributed by atoms with Gasteiger partial charge in [0.2, 0.25) is 0 Å². The Kier molecular flexibility index (Phi) is 11.5. The van der Waals surface area contributed by atoms with Crippen LogP contribution in [0.1, 0.15) is 75.4 Å². The number of nitrogens with zero attached hydrogens (tertiary/aromatic N) is 3. The first-order valence-corrected chi connectivity index (χ1v) is 20.4. The fourth-order valence-corrected chi connectivity index (χ4v) is 10.6. The lowest BCUT2D eigenvalue weighted by atomic mass is 9.79. The minimum absolute atomic E-state index is 0.0642. The number of halogens is 1. The summed E-state index contributed by atoms with van der Waals surface area (Å²) < 4.78 is 60.2. The summed E-state index contributed by atoms with van der Waals surface area (Å²) in [6, 6.07) is 27.2. The summed E-state index contributed by atoms with van der Waals surface area (Å²) in [5.74, 6) is 1.12. The summed E-state index contributed by atoms with van der Waals surface area (Å²) in [6.07, 6.45) is -2.23. The highest BCUT2D eigenvalue weighted by Crippen LogP contribution is 2.73. The van der Waals surface area contributed by atoms with E-state index in [0.29, 0.717) is 17.9 Å². The number of nitrogens with one attached hydrogen (secondary N) is 1. The van der Waals surface area contributed by atoms with Crippen molar-refractivity contribution in [3.8, 4) is 17.6 Å². The number of rotatable bonds is 16. The average Bonchev–Trinajstić information content (AvgIpc) is 3.71. The number of H-pyrrole nitrogens is 1. The number of hydrogen-bond acceptors (Lipinski definition) is 10. The van der Waals surface area contributed by atoms with Crippen molar-refractivity contribution < 1.29 is 32.4 Å². The zero-order valence-electron chi connectivity index (χ0n) is 33.3. The summed E-state index contributed by atoms with van der Waals surface area (Å²) in [4.78, 5) is 28.2. The molecular formula is C43H50FN4O8P. The zero-order chi connectivity index (χ0) is 40.7. The maximum atomic E-state index is 17.9.